The molecule has 7 heteroatoms. The van der Waals surface area contributed by atoms with E-state index in [0.29, 0.717) is 26.2 Å². The van der Waals surface area contributed by atoms with Crippen LogP contribution in [0.4, 0.5) is 4.79 Å². The summed E-state index contributed by atoms with van der Waals surface area (Å²) < 4.78 is 13.2. The molecule has 1 aromatic heterocycles. The van der Waals surface area contributed by atoms with E-state index in [0.717, 1.165) is 37.3 Å². The molecule has 0 bridgehead atoms. The molecule has 3 heterocycles. The highest BCUT2D eigenvalue weighted by Crippen LogP contribution is 2.32. The van der Waals surface area contributed by atoms with Crippen LogP contribution in [0.25, 0.3) is 5.69 Å². The van der Waals surface area contributed by atoms with Gasteiger partial charge in [0, 0.05) is 44.8 Å². The predicted octanol–water partition coefficient (Wildman–Crippen LogP) is 2.05. The molecule has 2 saturated heterocycles. The molecule has 7 nitrogen and oxygen atoms in total. The quantitative estimate of drug-likeness (QED) is 0.845. The molecule has 2 fully saturated rings. The Hall–Kier alpha value is -2.38. The lowest BCUT2D eigenvalue weighted by Crippen LogP contribution is -2.51. The second-order valence-corrected chi connectivity index (χ2v) is 7.26. The number of benzene rings is 1. The predicted molar refractivity (Wildman–Crippen MR) is 101 cm³/mol. The van der Waals surface area contributed by atoms with Crippen molar-refractivity contribution >= 4 is 6.03 Å². The second kappa shape index (κ2) is 8.10. The molecule has 2 N–H and O–H groups in total. The molecule has 1 aromatic carbocycles. The second-order valence-electron chi connectivity index (χ2n) is 7.26. The maximum atomic E-state index is 12.2. The van der Waals surface area contributed by atoms with E-state index in [2.05, 4.69) is 15.7 Å². The Bertz CT molecular complexity index is 756. The van der Waals surface area contributed by atoms with Crippen LogP contribution in [0.15, 0.2) is 42.6 Å². The Morgan fingerprint density at radius 1 is 1.26 bits per heavy atom. The summed E-state index contributed by atoms with van der Waals surface area (Å²) in [4.78, 5) is 12.2. The van der Waals surface area contributed by atoms with Crippen molar-refractivity contribution < 1.29 is 14.3 Å². The van der Waals surface area contributed by atoms with Crippen LogP contribution in [0, 0.1) is 0 Å². The first-order valence-electron chi connectivity index (χ1n) is 9.59. The van der Waals surface area contributed by atoms with Crippen molar-refractivity contribution in [3.05, 3.63) is 48.3 Å². The minimum absolute atomic E-state index is 0.126. The molecule has 2 aromatic rings. The maximum absolute atomic E-state index is 12.2. The number of amides is 2. The van der Waals surface area contributed by atoms with Crippen LogP contribution in [0.3, 0.4) is 0 Å². The van der Waals surface area contributed by atoms with Gasteiger partial charge in [-0.05, 0) is 31.0 Å². The average Bonchev–Trinajstić information content (AvgIpc) is 3.33. The Balaban J connectivity index is 1.21. The van der Waals surface area contributed by atoms with Crippen molar-refractivity contribution in [3.8, 4) is 5.69 Å². The van der Waals surface area contributed by atoms with E-state index in [1.807, 2.05) is 47.3 Å². The molecular formula is C20H26N4O3. The summed E-state index contributed by atoms with van der Waals surface area (Å²) in [6, 6.07) is 12.0. The number of aromatic nitrogens is 2. The van der Waals surface area contributed by atoms with Crippen LogP contribution in [-0.4, -0.2) is 53.8 Å². The van der Waals surface area contributed by atoms with Crippen molar-refractivity contribution in [3.63, 3.8) is 0 Å². The summed E-state index contributed by atoms with van der Waals surface area (Å²) in [7, 11) is 0. The molecule has 2 atom stereocenters. The van der Waals surface area contributed by atoms with Crippen molar-refractivity contribution in [1.82, 2.24) is 20.4 Å². The Morgan fingerprint density at radius 2 is 2.15 bits per heavy atom. The average molecular weight is 370 g/mol. The van der Waals surface area contributed by atoms with E-state index in [-0.39, 0.29) is 17.7 Å². The molecule has 0 saturated carbocycles. The van der Waals surface area contributed by atoms with Gasteiger partial charge in [-0.15, -0.1) is 0 Å². The van der Waals surface area contributed by atoms with Crippen molar-refractivity contribution in [2.45, 2.75) is 37.3 Å². The third-order valence-electron chi connectivity index (χ3n) is 5.23. The molecule has 27 heavy (non-hydrogen) atoms. The SMILES string of the molecule is O=C(NCCc1ccn(-c2ccccc2)n1)NC1CCOC2(CCOC2)C1. The molecule has 0 radical (unpaired) electrons. The zero-order chi connectivity index (χ0) is 18.5. The first-order valence-corrected chi connectivity index (χ1v) is 9.59. The number of carbonyl (C=O) groups excluding carboxylic acids is 1. The van der Waals surface area contributed by atoms with E-state index in [9.17, 15) is 4.79 Å². The van der Waals surface area contributed by atoms with E-state index in [1.165, 1.54) is 0 Å². The minimum atomic E-state index is -0.194. The fraction of sp³-hybridized carbons (Fsp3) is 0.500. The number of nitrogens with zero attached hydrogens (tertiary/aromatic N) is 2. The van der Waals surface area contributed by atoms with E-state index in [4.69, 9.17) is 9.47 Å². The van der Waals surface area contributed by atoms with Crippen molar-refractivity contribution in [1.29, 1.82) is 0 Å². The number of hydrogen-bond donors (Lipinski definition) is 2. The lowest BCUT2D eigenvalue weighted by Gasteiger charge is -2.37. The first-order chi connectivity index (χ1) is 13.2. The fourth-order valence-electron chi connectivity index (χ4n) is 3.77. The van der Waals surface area contributed by atoms with Crippen LogP contribution in [-0.2, 0) is 15.9 Å². The van der Waals surface area contributed by atoms with Crippen LogP contribution in [0.1, 0.15) is 25.0 Å². The fourth-order valence-corrected chi connectivity index (χ4v) is 3.77. The topological polar surface area (TPSA) is 77.4 Å². The number of ether oxygens (including phenoxy) is 2. The van der Waals surface area contributed by atoms with Crippen LogP contribution in [0.5, 0.6) is 0 Å². The number of para-hydroxylation sites is 1. The smallest absolute Gasteiger partial charge is 0.315 e. The highest BCUT2D eigenvalue weighted by Gasteiger charge is 2.41. The highest BCUT2D eigenvalue weighted by atomic mass is 16.6. The van der Waals surface area contributed by atoms with Gasteiger partial charge in [0.2, 0.25) is 0 Å². The van der Waals surface area contributed by atoms with Gasteiger partial charge in [0.25, 0.3) is 0 Å². The molecule has 2 amide bonds. The highest BCUT2D eigenvalue weighted by molar-refractivity contribution is 5.74. The summed E-state index contributed by atoms with van der Waals surface area (Å²) in [6.45, 7) is 2.60. The summed E-state index contributed by atoms with van der Waals surface area (Å²) >= 11 is 0. The van der Waals surface area contributed by atoms with Crippen molar-refractivity contribution in [2.75, 3.05) is 26.4 Å². The first kappa shape index (κ1) is 18.0. The Labute approximate surface area is 159 Å². The summed E-state index contributed by atoms with van der Waals surface area (Å²) in [5.41, 5.74) is 1.78. The number of carbonyl (C=O) groups is 1. The molecular weight excluding hydrogens is 344 g/mol. The van der Waals surface area contributed by atoms with E-state index < -0.39 is 0 Å². The van der Waals surface area contributed by atoms with Gasteiger partial charge in [0.1, 0.15) is 0 Å². The third-order valence-corrected chi connectivity index (χ3v) is 5.23. The van der Waals surface area contributed by atoms with Gasteiger partial charge in [-0.2, -0.15) is 5.10 Å². The number of urea groups is 1. The normalized spacial score (nSPS) is 24.8. The molecule has 1 spiro atoms. The lowest BCUT2D eigenvalue weighted by atomic mass is 9.90. The van der Waals surface area contributed by atoms with Crippen LogP contribution in [0.2, 0.25) is 0 Å². The van der Waals surface area contributed by atoms with Gasteiger partial charge in [-0.25, -0.2) is 9.48 Å². The number of rotatable bonds is 5. The lowest BCUT2D eigenvalue weighted by molar-refractivity contribution is -0.0878. The summed E-state index contributed by atoms with van der Waals surface area (Å²) in [5.74, 6) is 0. The number of hydrogen-bond acceptors (Lipinski definition) is 4. The van der Waals surface area contributed by atoms with Crippen LogP contribution < -0.4 is 10.6 Å². The zero-order valence-corrected chi connectivity index (χ0v) is 15.4. The van der Waals surface area contributed by atoms with Gasteiger partial charge in [-0.1, -0.05) is 18.2 Å². The summed E-state index contributed by atoms with van der Waals surface area (Å²) in [5, 5.41) is 10.6. The molecule has 144 valence electrons. The number of nitrogens with one attached hydrogen (secondary N) is 2. The zero-order valence-electron chi connectivity index (χ0n) is 15.4. The maximum Gasteiger partial charge on any atom is 0.315 e. The van der Waals surface area contributed by atoms with Gasteiger partial charge in [0.15, 0.2) is 0 Å². The molecule has 2 aliphatic rings. The Kier molecular flexibility index (Phi) is 5.40. The monoisotopic (exact) mass is 370 g/mol. The molecule has 2 unspecified atom stereocenters. The van der Waals surface area contributed by atoms with E-state index >= 15 is 0 Å². The summed E-state index contributed by atoms with van der Waals surface area (Å²) in [6.07, 6.45) is 5.21. The third kappa shape index (κ3) is 4.48. The van der Waals surface area contributed by atoms with Gasteiger partial charge in [-0.3, -0.25) is 0 Å². The molecule has 2 aliphatic heterocycles. The minimum Gasteiger partial charge on any atom is -0.378 e. The Morgan fingerprint density at radius 3 is 2.96 bits per heavy atom. The van der Waals surface area contributed by atoms with Gasteiger partial charge >= 0.3 is 6.03 Å². The largest absolute Gasteiger partial charge is 0.378 e. The van der Waals surface area contributed by atoms with Gasteiger partial charge in [0.05, 0.1) is 23.6 Å². The molecule has 0 aliphatic carbocycles. The van der Waals surface area contributed by atoms with Crippen LogP contribution >= 0.6 is 0 Å². The standard InChI is InChI=1S/C20H26N4O3/c25-19(22-17-8-12-27-20(14-17)9-13-26-15-20)21-10-6-16-7-11-24(23-16)18-4-2-1-3-5-18/h1-5,7,11,17H,6,8-10,12-15H2,(H2,21,22,25). The van der Waals surface area contributed by atoms with Crippen molar-refractivity contribution in [2.24, 2.45) is 0 Å². The van der Waals surface area contributed by atoms with Gasteiger partial charge < -0.3 is 20.1 Å². The van der Waals surface area contributed by atoms with E-state index in [1.54, 1.807) is 0 Å². The molecule has 4 rings (SSSR count).